The van der Waals surface area contributed by atoms with Crippen LogP contribution in [0.4, 0.5) is 5.69 Å². The molecule has 0 saturated heterocycles. The molecule has 1 saturated carbocycles. The van der Waals surface area contributed by atoms with Crippen LogP contribution in [0, 0.1) is 0 Å². The van der Waals surface area contributed by atoms with Crippen LogP contribution in [-0.4, -0.2) is 52.7 Å². The van der Waals surface area contributed by atoms with E-state index in [4.69, 9.17) is 9.15 Å². The van der Waals surface area contributed by atoms with Gasteiger partial charge in [0.25, 0.3) is 5.91 Å². The highest BCUT2D eigenvalue weighted by molar-refractivity contribution is 5.95. The van der Waals surface area contributed by atoms with Gasteiger partial charge in [-0.3, -0.25) is 9.69 Å². The molecule has 184 valence electrons. The summed E-state index contributed by atoms with van der Waals surface area (Å²) >= 11 is 0. The highest BCUT2D eigenvalue weighted by Gasteiger charge is 2.20. The van der Waals surface area contributed by atoms with Gasteiger partial charge in [0.05, 0.1) is 12.3 Å². The van der Waals surface area contributed by atoms with Crippen molar-refractivity contribution in [1.29, 1.82) is 0 Å². The number of oxazole rings is 1. The number of β-amino-alcohol motifs (C(OH)–C–C–N with tert-alkyl or cyclic N) is 1. The summed E-state index contributed by atoms with van der Waals surface area (Å²) in [5.74, 6) is 1.33. The number of hydrogen-bond acceptors (Lipinski definition) is 7. The highest BCUT2D eigenvalue weighted by Crippen LogP contribution is 2.25. The second-order valence-corrected chi connectivity index (χ2v) is 9.39. The fraction of sp³-hybridized carbons (Fsp3) is 0.407. The van der Waals surface area contributed by atoms with Crippen molar-refractivity contribution in [1.82, 2.24) is 15.2 Å². The van der Waals surface area contributed by atoms with Gasteiger partial charge in [-0.05, 0) is 67.1 Å². The number of rotatable bonds is 10. The molecule has 0 radical (unpaired) electrons. The number of benzene rings is 2. The number of carbonyl (C=O) groups excluding carboxylic acids is 1. The lowest BCUT2D eigenvalue weighted by molar-refractivity contribution is 0.0841. The van der Waals surface area contributed by atoms with Gasteiger partial charge in [0.2, 0.25) is 0 Å². The van der Waals surface area contributed by atoms with Crippen LogP contribution in [0.5, 0.6) is 5.75 Å². The Morgan fingerprint density at radius 2 is 2.14 bits per heavy atom. The fourth-order valence-electron chi connectivity index (χ4n) is 4.51. The maximum Gasteiger partial charge on any atom is 0.251 e. The number of aliphatic hydroxyl groups is 1. The molecule has 0 spiro atoms. The van der Waals surface area contributed by atoms with Crippen molar-refractivity contribution in [2.45, 2.75) is 51.0 Å². The van der Waals surface area contributed by atoms with E-state index in [1.807, 2.05) is 24.3 Å². The van der Waals surface area contributed by atoms with Gasteiger partial charge in [0.15, 0.2) is 12.2 Å². The smallest absolute Gasteiger partial charge is 0.251 e. The molecule has 3 aromatic rings. The number of hydrogen-bond donors (Lipinski definition) is 3. The number of anilines is 1. The molecule has 2 aromatic carbocycles. The Bertz CT molecular complexity index is 1130. The van der Waals surface area contributed by atoms with Crippen LogP contribution >= 0.6 is 0 Å². The van der Waals surface area contributed by atoms with E-state index in [1.54, 1.807) is 12.3 Å². The maximum atomic E-state index is 12.6. The number of fused-ring (bicyclic) bond motifs is 1. The lowest BCUT2D eigenvalue weighted by Gasteiger charge is -2.30. The van der Waals surface area contributed by atoms with Gasteiger partial charge in [0, 0.05) is 43.5 Å². The van der Waals surface area contributed by atoms with Gasteiger partial charge in [0.1, 0.15) is 12.4 Å². The van der Waals surface area contributed by atoms with E-state index in [1.165, 1.54) is 36.8 Å². The molecule has 5 rings (SSSR count). The van der Waals surface area contributed by atoms with E-state index in [0.29, 0.717) is 30.5 Å². The van der Waals surface area contributed by atoms with Gasteiger partial charge >= 0.3 is 0 Å². The Morgan fingerprint density at radius 1 is 1.23 bits per heavy atom. The molecule has 8 heteroatoms. The van der Waals surface area contributed by atoms with Crippen LogP contribution in [0.1, 0.15) is 46.5 Å². The second-order valence-electron chi connectivity index (χ2n) is 9.39. The largest absolute Gasteiger partial charge is 0.486 e. The number of aliphatic hydroxyl groups excluding tert-OH is 1. The number of ether oxygens (including phenoxy) is 1. The first-order valence-electron chi connectivity index (χ1n) is 12.3. The standard InChI is InChI=1S/C27H32N4O4/c32-24(13-29-27(33)20-3-1-6-23(11-20)30-22-4-2-5-22)16-31-10-9-19-12-25(8-7-21(19)15-31)34-17-26-14-28-18-35-26/h1,3,6-8,11-12,14,18,22,24,30,32H,2,4-5,9-10,13,15-17H2,(H,29,33). The lowest BCUT2D eigenvalue weighted by Crippen LogP contribution is -2.42. The number of amides is 1. The topological polar surface area (TPSA) is 99.9 Å². The van der Waals surface area contributed by atoms with Crippen molar-refractivity contribution in [3.63, 3.8) is 0 Å². The predicted molar refractivity (Wildman–Crippen MR) is 132 cm³/mol. The monoisotopic (exact) mass is 476 g/mol. The molecular formula is C27H32N4O4. The van der Waals surface area contributed by atoms with Gasteiger partial charge in [-0.2, -0.15) is 0 Å². The molecule has 1 unspecified atom stereocenters. The van der Waals surface area contributed by atoms with Gasteiger partial charge in [-0.25, -0.2) is 4.98 Å². The molecule has 1 aliphatic heterocycles. The van der Waals surface area contributed by atoms with E-state index >= 15 is 0 Å². The molecule has 2 aliphatic rings. The number of aromatic nitrogens is 1. The van der Waals surface area contributed by atoms with E-state index in [9.17, 15) is 9.90 Å². The molecule has 1 fully saturated rings. The molecule has 3 N–H and O–H groups in total. The zero-order valence-electron chi connectivity index (χ0n) is 19.8. The summed E-state index contributed by atoms with van der Waals surface area (Å²) in [4.78, 5) is 18.7. The summed E-state index contributed by atoms with van der Waals surface area (Å²) in [6.45, 7) is 2.68. The summed E-state index contributed by atoms with van der Waals surface area (Å²) in [5, 5.41) is 16.9. The average molecular weight is 477 g/mol. The van der Waals surface area contributed by atoms with Crippen LogP contribution in [0.25, 0.3) is 0 Å². The first-order valence-corrected chi connectivity index (χ1v) is 12.3. The van der Waals surface area contributed by atoms with E-state index in [0.717, 1.165) is 30.9 Å². The van der Waals surface area contributed by atoms with Crippen LogP contribution in [-0.2, 0) is 19.6 Å². The quantitative estimate of drug-likeness (QED) is 0.413. The minimum atomic E-state index is -0.638. The SMILES string of the molecule is O=C(NCC(O)CN1CCc2cc(OCc3cnco3)ccc2C1)c1cccc(NC2CCC2)c1. The van der Waals surface area contributed by atoms with Crippen molar-refractivity contribution >= 4 is 11.6 Å². The van der Waals surface area contributed by atoms with Crippen molar-refractivity contribution in [2.24, 2.45) is 0 Å². The van der Waals surface area contributed by atoms with Crippen molar-refractivity contribution in [2.75, 3.05) is 25.0 Å². The average Bonchev–Trinajstić information content (AvgIpc) is 3.37. The maximum absolute atomic E-state index is 12.6. The second kappa shape index (κ2) is 10.9. The molecule has 8 nitrogen and oxygen atoms in total. The normalized spacial score (nSPS) is 16.7. The number of nitrogens with zero attached hydrogens (tertiary/aromatic N) is 2. The predicted octanol–water partition coefficient (Wildman–Crippen LogP) is 3.37. The van der Waals surface area contributed by atoms with Crippen LogP contribution in [0.15, 0.2) is 59.5 Å². The summed E-state index contributed by atoms with van der Waals surface area (Å²) in [6, 6.07) is 14.2. The Morgan fingerprint density at radius 3 is 2.94 bits per heavy atom. The summed E-state index contributed by atoms with van der Waals surface area (Å²) in [7, 11) is 0. The van der Waals surface area contributed by atoms with Gasteiger partial charge in [-0.1, -0.05) is 12.1 Å². The minimum absolute atomic E-state index is 0.164. The van der Waals surface area contributed by atoms with E-state index in [-0.39, 0.29) is 12.5 Å². The number of carbonyl (C=O) groups is 1. The number of nitrogens with one attached hydrogen (secondary N) is 2. The molecule has 0 bridgehead atoms. The summed E-state index contributed by atoms with van der Waals surface area (Å²) < 4.78 is 11.0. The summed E-state index contributed by atoms with van der Waals surface area (Å²) in [6.07, 6.45) is 6.92. The van der Waals surface area contributed by atoms with Crippen molar-refractivity contribution < 1.29 is 19.1 Å². The van der Waals surface area contributed by atoms with Crippen LogP contribution in [0.3, 0.4) is 0 Å². The Hall–Kier alpha value is -3.36. The third kappa shape index (κ3) is 6.21. The highest BCUT2D eigenvalue weighted by atomic mass is 16.5. The zero-order valence-corrected chi connectivity index (χ0v) is 19.8. The zero-order chi connectivity index (χ0) is 24.0. The molecular weight excluding hydrogens is 444 g/mol. The molecule has 1 atom stereocenters. The first-order chi connectivity index (χ1) is 17.1. The minimum Gasteiger partial charge on any atom is -0.486 e. The third-order valence-corrected chi connectivity index (χ3v) is 6.70. The van der Waals surface area contributed by atoms with Gasteiger partial charge in [-0.15, -0.1) is 0 Å². The summed E-state index contributed by atoms with van der Waals surface area (Å²) in [5.41, 5.74) is 4.07. The van der Waals surface area contributed by atoms with Crippen molar-refractivity contribution in [3.05, 3.63) is 77.5 Å². The molecule has 35 heavy (non-hydrogen) atoms. The van der Waals surface area contributed by atoms with E-state index < -0.39 is 6.10 Å². The molecule has 1 aliphatic carbocycles. The molecule has 1 amide bonds. The Balaban J connectivity index is 1.07. The van der Waals surface area contributed by atoms with Crippen LogP contribution < -0.4 is 15.4 Å². The Labute approximate surface area is 205 Å². The fourth-order valence-corrected chi connectivity index (χ4v) is 4.51. The third-order valence-electron chi connectivity index (χ3n) is 6.70. The lowest BCUT2D eigenvalue weighted by atomic mass is 9.93. The molecule has 1 aromatic heterocycles. The van der Waals surface area contributed by atoms with E-state index in [2.05, 4.69) is 32.7 Å². The first kappa shape index (κ1) is 23.4. The van der Waals surface area contributed by atoms with Crippen LogP contribution in [0.2, 0.25) is 0 Å². The van der Waals surface area contributed by atoms with Crippen molar-refractivity contribution in [3.8, 4) is 5.75 Å². The Kier molecular flexibility index (Phi) is 7.30. The van der Waals surface area contributed by atoms with Gasteiger partial charge < -0.3 is 24.9 Å². The molecule has 2 heterocycles.